The maximum atomic E-state index is 13.2. The Morgan fingerprint density at radius 1 is 1.22 bits per heavy atom. The fourth-order valence-corrected chi connectivity index (χ4v) is 2.38. The third-order valence-corrected chi connectivity index (χ3v) is 3.59. The molecule has 0 radical (unpaired) electrons. The minimum atomic E-state index is -1.12. The van der Waals surface area contributed by atoms with Gasteiger partial charge >= 0.3 is 0 Å². The average Bonchev–Trinajstić information content (AvgIpc) is 2.94. The van der Waals surface area contributed by atoms with Crippen LogP contribution in [0.2, 0.25) is 5.02 Å². The molecule has 1 amide bonds. The number of carbonyl (C=O) groups is 1. The second-order valence-corrected chi connectivity index (χ2v) is 5.20. The molecule has 118 valence electrons. The summed E-state index contributed by atoms with van der Waals surface area (Å²) < 4.78 is 28.0. The van der Waals surface area contributed by atoms with Crippen LogP contribution in [0.4, 0.5) is 8.78 Å². The van der Waals surface area contributed by atoms with Crippen LogP contribution in [0.3, 0.4) is 0 Å². The Bertz CT molecular complexity index is 881. The van der Waals surface area contributed by atoms with Crippen LogP contribution in [0.5, 0.6) is 0 Å². The summed E-state index contributed by atoms with van der Waals surface area (Å²) in [5.41, 5.74) is 0.592. The molecule has 0 saturated carbocycles. The number of aromatic nitrogens is 3. The number of nitrogens with one attached hydrogen (secondary N) is 1. The Hall–Kier alpha value is -2.54. The first-order chi connectivity index (χ1) is 11.1. The lowest BCUT2D eigenvalue weighted by Crippen LogP contribution is -2.26. The first-order valence-corrected chi connectivity index (χ1v) is 7.15. The summed E-state index contributed by atoms with van der Waals surface area (Å²) in [5, 5.41) is 10.5. The summed E-state index contributed by atoms with van der Waals surface area (Å²) in [6.45, 7) is 0.254. The molecule has 5 nitrogen and oxygen atoms in total. The number of benzene rings is 1. The molecule has 0 fully saturated rings. The highest BCUT2D eigenvalue weighted by Crippen LogP contribution is 2.19. The minimum Gasteiger partial charge on any atom is -0.352 e. The lowest BCUT2D eigenvalue weighted by atomic mass is 10.2. The van der Waals surface area contributed by atoms with Gasteiger partial charge in [-0.2, -0.15) is 0 Å². The molecule has 1 aromatic carbocycles. The van der Waals surface area contributed by atoms with Gasteiger partial charge in [0.05, 0.1) is 10.6 Å². The smallest absolute Gasteiger partial charge is 0.252 e. The number of hydrogen-bond acceptors (Lipinski definition) is 3. The van der Waals surface area contributed by atoms with Gasteiger partial charge in [0.25, 0.3) is 5.91 Å². The molecule has 0 aliphatic carbocycles. The molecule has 0 unspecified atom stereocenters. The number of rotatable bonds is 4. The second-order valence-electron chi connectivity index (χ2n) is 4.80. The largest absolute Gasteiger partial charge is 0.352 e. The van der Waals surface area contributed by atoms with E-state index < -0.39 is 17.5 Å². The van der Waals surface area contributed by atoms with Gasteiger partial charge in [-0.15, -0.1) is 10.2 Å². The van der Waals surface area contributed by atoms with Crippen LogP contribution in [0.25, 0.3) is 5.65 Å². The predicted molar refractivity (Wildman–Crippen MR) is 80.4 cm³/mol. The third kappa shape index (κ3) is 3.14. The molecule has 3 rings (SSSR count). The summed E-state index contributed by atoms with van der Waals surface area (Å²) in [6, 6.07) is 7.06. The summed E-state index contributed by atoms with van der Waals surface area (Å²) in [6.07, 6.45) is 2.25. The van der Waals surface area contributed by atoms with E-state index in [9.17, 15) is 13.6 Å². The van der Waals surface area contributed by atoms with Crippen molar-refractivity contribution in [3.63, 3.8) is 0 Å². The van der Waals surface area contributed by atoms with Crippen molar-refractivity contribution in [1.29, 1.82) is 0 Å². The highest BCUT2D eigenvalue weighted by Gasteiger charge is 2.15. The molecule has 0 atom stereocenters. The number of fused-ring (bicyclic) bond motifs is 1. The van der Waals surface area contributed by atoms with Crippen LogP contribution in [0.15, 0.2) is 36.5 Å². The zero-order chi connectivity index (χ0) is 16.4. The summed E-state index contributed by atoms with van der Waals surface area (Å²) in [4.78, 5) is 12.0. The summed E-state index contributed by atoms with van der Waals surface area (Å²) in [5.74, 6) is -2.12. The van der Waals surface area contributed by atoms with Crippen molar-refractivity contribution in [2.75, 3.05) is 6.54 Å². The molecular weight excluding hydrogens is 326 g/mol. The van der Waals surface area contributed by atoms with Crippen LogP contribution in [0.1, 0.15) is 16.2 Å². The van der Waals surface area contributed by atoms with Crippen LogP contribution in [-0.2, 0) is 6.42 Å². The number of carbonyl (C=O) groups excluding carboxylic acids is 1. The maximum Gasteiger partial charge on any atom is 0.252 e. The Balaban J connectivity index is 1.67. The topological polar surface area (TPSA) is 59.3 Å². The van der Waals surface area contributed by atoms with Gasteiger partial charge in [-0.3, -0.25) is 9.20 Å². The number of amides is 1. The summed E-state index contributed by atoms with van der Waals surface area (Å²) in [7, 11) is 0. The van der Waals surface area contributed by atoms with E-state index in [2.05, 4.69) is 15.5 Å². The Kier molecular flexibility index (Phi) is 4.20. The lowest BCUT2D eigenvalue weighted by molar-refractivity contribution is 0.0953. The number of pyridine rings is 1. The van der Waals surface area contributed by atoms with Crippen LogP contribution in [-0.4, -0.2) is 27.0 Å². The molecular formula is C15H11ClF2N4O. The van der Waals surface area contributed by atoms with Crippen LogP contribution < -0.4 is 5.32 Å². The molecule has 0 bridgehead atoms. The van der Waals surface area contributed by atoms with Gasteiger partial charge in [0.1, 0.15) is 5.82 Å². The minimum absolute atomic E-state index is 0.114. The van der Waals surface area contributed by atoms with Gasteiger partial charge < -0.3 is 5.32 Å². The van der Waals surface area contributed by atoms with Gasteiger partial charge in [0.2, 0.25) is 0 Å². The van der Waals surface area contributed by atoms with E-state index >= 15 is 0 Å². The monoisotopic (exact) mass is 336 g/mol. The maximum absolute atomic E-state index is 13.2. The van der Waals surface area contributed by atoms with Gasteiger partial charge in [-0.05, 0) is 24.3 Å². The number of hydrogen-bond donors (Lipinski definition) is 1. The Morgan fingerprint density at radius 2 is 2.00 bits per heavy atom. The van der Waals surface area contributed by atoms with Crippen LogP contribution in [0, 0.1) is 11.6 Å². The molecule has 0 spiro atoms. The normalized spacial score (nSPS) is 10.9. The van der Waals surface area contributed by atoms with Gasteiger partial charge in [-0.1, -0.05) is 17.7 Å². The third-order valence-electron chi connectivity index (χ3n) is 3.27. The highest BCUT2D eigenvalue weighted by molar-refractivity contribution is 6.33. The molecule has 0 aliphatic heterocycles. The van der Waals surface area contributed by atoms with E-state index in [4.69, 9.17) is 11.6 Å². The van der Waals surface area contributed by atoms with E-state index in [0.29, 0.717) is 17.9 Å². The number of nitrogens with zero attached hydrogens (tertiary/aromatic N) is 3. The van der Waals surface area contributed by atoms with Gasteiger partial charge in [0.15, 0.2) is 17.3 Å². The standard InChI is InChI=1S/C15H11ClF2N4O/c16-10-8-12(18)11(17)7-9(10)15(23)19-5-4-14-21-20-13-3-1-2-6-22(13)14/h1-3,6-8H,4-5H2,(H,19,23). The van der Waals surface area contributed by atoms with Crippen molar-refractivity contribution in [3.8, 4) is 0 Å². The predicted octanol–water partition coefficient (Wildman–Crippen LogP) is 2.63. The molecule has 8 heteroatoms. The first kappa shape index (κ1) is 15.4. The van der Waals surface area contributed by atoms with E-state index in [1.54, 1.807) is 4.40 Å². The Morgan fingerprint density at radius 3 is 2.83 bits per heavy atom. The van der Waals surface area contributed by atoms with Gasteiger partial charge in [0, 0.05) is 19.2 Å². The second kappa shape index (κ2) is 6.29. The summed E-state index contributed by atoms with van der Waals surface area (Å²) >= 11 is 5.76. The van der Waals surface area contributed by atoms with E-state index in [0.717, 1.165) is 12.1 Å². The zero-order valence-corrected chi connectivity index (χ0v) is 12.5. The molecule has 23 heavy (non-hydrogen) atoms. The molecule has 2 aromatic heterocycles. The molecule has 0 saturated heterocycles. The van der Waals surface area contributed by atoms with Crippen molar-refractivity contribution in [1.82, 2.24) is 19.9 Å². The first-order valence-electron chi connectivity index (χ1n) is 6.77. The van der Waals surface area contributed by atoms with E-state index in [-0.39, 0.29) is 17.1 Å². The molecule has 2 heterocycles. The zero-order valence-electron chi connectivity index (χ0n) is 11.8. The van der Waals surface area contributed by atoms with Crippen molar-refractivity contribution >= 4 is 23.2 Å². The van der Waals surface area contributed by atoms with Crippen molar-refractivity contribution in [2.24, 2.45) is 0 Å². The van der Waals surface area contributed by atoms with E-state index in [1.807, 2.05) is 24.4 Å². The molecule has 1 N–H and O–H groups in total. The fourth-order valence-electron chi connectivity index (χ4n) is 2.14. The molecule has 0 aliphatic rings. The Labute approximate surface area is 134 Å². The fraction of sp³-hybridized carbons (Fsp3) is 0.133. The van der Waals surface area contributed by atoms with Gasteiger partial charge in [-0.25, -0.2) is 8.78 Å². The number of halogens is 3. The molecule has 3 aromatic rings. The van der Waals surface area contributed by atoms with Crippen molar-refractivity contribution in [3.05, 3.63) is 64.6 Å². The van der Waals surface area contributed by atoms with E-state index in [1.165, 1.54) is 0 Å². The highest BCUT2D eigenvalue weighted by atomic mass is 35.5. The van der Waals surface area contributed by atoms with Crippen molar-refractivity contribution < 1.29 is 13.6 Å². The lowest BCUT2D eigenvalue weighted by Gasteiger charge is -2.07. The quantitative estimate of drug-likeness (QED) is 0.745. The van der Waals surface area contributed by atoms with Crippen LogP contribution >= 0.6 is 11.6 Å². The SMILES string of the molecule is O=C(NCCc1nnc2ccccn12)c1cc(F)c(F)cc1Cl. The average molecular weight is 337 g/mol. The van der Waals surface area contributed by atoms with Crippen molar-refractivity contribution in [2.45, 2.75) is 6.42 Å².